The molecule has 0 bridgehead atoms. The summed E-state index contributed by atoms with van der Waals surface area (Å²) in [7, 11) is 0. The van der Waals surface area contributed by atoms with Crippen LogP contribution in [0.15, 0.2) is 18.2 Å². The highest BCUT2D eigenvalue weighted by Crippen LogP contribution is 2.17. The predicted octanol–water partition coefficient (Wildman–Crippen LogP) is 1.50. The summed E-state index contributed by atoms with van der Waals surface area (Å²) in [6.45, 7) is 3.79. The molecule has 2 rings (SSSR count). The Balaban J connectivity index is 2.04. The van der Waals surface area contributed by atoms with Gasteiger partial charge in [0, 0.05) is 50.2 Å². The topological polar surface area (TPSA) is 43.8 Å². The van der Waals surface area contributed by atoms with Crippen LogP contribution in [0.5, 0.6) is 0 Å². The second-order valence-corrected chi connectivity index (χ2v) is 5.53. The first-order chi connectivity index (χ1) is 9.45. The number of aliphatic hydroxyl groups is 1. The fourth-order valence-corrected chi connectivity index (χ4v) is 2.53. The highest BCUT2D eigenvalue weighted by atomic mass is 35.5. The number of benzene rings is 1. The zero-order valence-electron chi connectivity index (χ0n) is 11.4. The molecule has 1 aromatic carbocycles. The molecule has 1 atom stereocenters. The minimum atomic E-state index is -0.614. The first kappa shape index (κ1) is 15.2. The number of hydrogen-bond donors (Lipinski definition) is 1. The van der Waals surface area contributed by atoms with Gasteiger partial charge in [-0.3, -0.25) is 9.69 Å². The number of halogens is 2. The molecular weight excluding hydrogens is 283 g/mol. The molecule has 0 aromatic heterocycles. The standard InChI is InChI=1S/C14H18ClFN2O2/c1-10(19)18-5-4-17(8-13(20)9-18)7-11-2-3-12(15)6-14(11)16/h2-3,6,13,20H,4-5,7-9H2,1H3. The molecule has 1 aromatic rings. The smallest absolute Gasteiger partial charge is 0.219 e. The number of β-amino-alcohol motifs (C(OH)–C–C–N with tert-alkyl or cyclic N) is 1. The highest BCUT2D eigenvalue weighted by molar-refractivity contribution is 6.30. The molecule has 1 heterocycles. The maximum Gasteiger partial charge on any atom is 0.219 e. The number of hydrogen-bond acceptors (Lipinski definition) is 3. The van der Waals surface area contributed by atoms with Crippen LogP contribution in [0.2, 0.25) is 5.02 Å². The van der Waals surface area contributed by atoms with Gasteiger partial charge in [-0.25, -0.2) is 4.39 Å². The van der Waals surface area contributed by atoms with E-state index in [-0.39, 0.29) is 11.7 Å². The number of carbonyl (C=O) groups excluding carboxylic acids is 1. The van der Waals surface area contributed by atoms with Gasteiger partial charge in [0.05, 0.1) is 6.10 Å². The average molecular weight is 301 g/mol. The maximum absolute atomic E-state index is 13.8. The molecule has 0 aliphatic carbocycles. The largest absolute Gasteiger partial charge is 0.390 e. The van der Waals surface area contributed by atoms with Gasteiger partial charge in [-0.15, -0.1) is 0 Å². The molecule has 1 fully saturated rings. The lowest BCUT2D eigenvalue weighted by atomic mass is 10.2. The zero-order valence-corrected chi connectivity index (χ0v) is 12.1. The van der Waals surface area contributed by atoms with Crippen molar-refractivity contribution >= 4 is 17.5 Å². The second-order valence-electron chi connectivity index (χ2n) is 5.09. The van der Waals surface area contributed by atoms with E-state index in [1.807, 2.05) is 4.90 Å². The molecule has 110 valence electrons. The molecule has 1 aliphatic heterocycles. The predicted molar refractivity (Wildman–Crippen MR) is 74.9 cm³/mol. The maximum atomic E-state index is 13.8. The number of carbonyl (C=O) groups is 1. The van der Waals surface area contributed by atoms with Gasteiger partial charge < -0.3 is 10.0 Å². The fourth-order valence-electron chi connectivity index (χ4n) is 2.38. The van der Waals surface area contributed by atoms with Crippen LogP contribution in [0.25, 0.3) is 0 Å². The molecule has 1 N–H and O–H groups in total. The molecule has 0 radical (unpaired) electrons. The lowest BCUT2D eigenvalue weighted by molar-refractivity contribution is -0.129. The Hall–Kier alpha value is -1.17. The zero-order chi connectivity index (χ0) is 14.7. The van der Waals surface area contributed by atoms with Gasteiger partial charge in [0.15, 0.2) is 0 Å². The molecule has 1 amide bonds. The number of aliphatic hydroxyl groups excluding tert-OH is 1. The van der Waals surface area contributed by atoms with Crippen molar-refractivity contribution in [1.82, 2.24) is 9.80 Å². The molecule has 6 heteroatoms. The van der Waals surface area contributed by atoms with Crippen LogP contribution in [0, 0.1) is 5.82 Å². The molecule has 4 nitrogen and oxygen atoms in total. The van der Waals surface area contributed by atoms with Crippen LogP contribution in [-0.4, -0.2) is 53.1 Å². The van der Waals surface area contributed by atoms with Crippen LogP contribution >= 0.6 is 11.6 Å². The minimum absolute atomic E-state index is 0.0522. The summed E-state index contributed by atoms with van der Waals surface area (Å²) in [6, 6.07) is 4.58. The van der Waals surface area contributed by atoms with E-state index in [2.05, 4.69) is 0 Å². The Morgan fingerprint density at radius 3 is 2.85 bits per heavy atom. The number of nitrogens with zero attached hydrogens (tertiary/aromatic N) is 2. The van der Waals surface area contributed by atoms with E-state index in [1.54, 1.807) is 17.0 Å². The average Bonchev–Trinajstić information content (AvgIpc) is 2.54. The number of rotatable bonds is 2. The van der Waals surface area contributed by atoms with Crippen molar-refractivity contribution in [1.29, 1.82) is 0 Å². The molecule has 0 saturated carbocycles. The Kier molecular flexibility index (Phi) is 4.96. The van der Waals surface area contributed by atoms with Crippen molar-refractivity contribution in [2.75, 3.05) is 26.2 Å². The minimum Gasteiger partial charge on any atom is -0.390 e. The van der Waals surface area contributed by atoms with E-state index in [0.29, 0.717) is 43.3 Å². The van der Waals surface area contributed by atoms with Gasteiger partial charge in [-0.2, -0.15) is 0 Å². The third kappa shape index (κ3) is 3.91. The summed E-state index contributed by atoms with van der Waals surface area (Å²) in [5, 5.41) is 10.3. The van der Waals surface area contributed by atoms with Crippen LogP contribution in [0.1, 0.15) is 12.5 Å². The Morgan fingerprint density at radius 1 is 1.45 bits per heavy atom. The van der Waals surface area contributed by atoms with Crippen molar-refractivity contribution in [3.8, 4) is 0 Å². The SMILES string of the molecule is CC(=O)N1CCN(Cc2ccc(Cl)cc2F)CC(O)C1. The summed E-state index contributed by atoms with van der Waals surface area (Å²) in [5.41, 5.74) is 0.540. The van der Waals surface area contributed by atoms with E-state index in [9.17, 15) is 14.3 Å². The fraction of sp³-hybridized carbons (Fsp3) is 0.500. The second kappa shape index (κ2) is 6.52. The molecule has 1 aliphatic rings. The van der Waals surface area contributed by atoms with E-state index >= 15 is 0 Å². The van der Waals surface area contributed by atoms with Crippen LogP contribution < -0.4 is 0 Å². The third-order valence-electron chi connectivity index (χ3n) is 3.44. The van der Waals surface area contributed by atoms with Crippen molar-refractivity contribution < 1.29 is 14.3 Å². The van der Waals surface area contributed by atoms with Crippen LogP contribution in [0.4, 0.5) is 4.39 Å². The van der Waals surface area contributed by atoms with E-state index in [0.717, 1.165) is 0 Å². The quantitative estimate of drug-likeness (QED) is 0.900. The van der Waals surface area contributed by atoms with Gasteiger partial charge in [0.2, 0.25) is 5.91 Å². The molecular formula is C14H18ClFN2O2. The van der Waals surface area contributed by atoms with Gasteiger partial charge in [0.25, 0.3) is 0 Å². The highest BCUT2D eigenvalue weighted by Gasteiger charge is 2.23. The summed E-state index contributed by atoms with van der Waals surface area (Å²) in [6.07, 6.45) is -0.614. The lowest BCUT2D eigenvalue weighted by Gasteiger charge is -2.21. The summed E-state index contributed by atoms with van der Waals surface area (Å²) in [4.78, 5) is 14.9. The Labute approximate surface area is 122 Å². The summed E-state index contributed by atoms with van der Waals surface area (Å²) < 4.78 is 13.8. The molecule has 1 saturated heterocycles. The summed E-state index contributed by atoms with van der Waals surface area (Å²) >= 11 is 5.73. The van der Waals surface area contributed by atoms with Gasteiger partial charge in [-0.1, -0.05) is 17.7 Å². The molecule has 0 spiro atoms. The van der Waals surface area contributed by atoms with Gasteiger partial charge >= 0.3 is 0 Å². The van der Waals surface area contributed by atoms with E-state index in [4.69, 9.17) is 11.6 Å². The molecule has 20 heavy (non-hydrogen) atoms. The first-order valence-electron chi connectivity index (χ1n) is 6.55. The van der Waals surface area contributed by atoms with Gasteiger partial charge in [0.1, 0.15) is 5.82 Å². The lowest BCUT2D eigenvalue weighted by Crippen LogP contribution is -2.36. The van der Waals surface area contributed by atoms with Crippen molar-refractivity contribution in [3.05, 3.63) is 34.6 Å². The molecule has 1 unspecified atom stereocenters. The monoisotopic (exact) mass is 300 g/mol. The Morgan fingerprint density at radius 2 is 2.20 bits per heavy atom. The first-order valence-corrected chi connectivity index (χ1v) is 6.93. The normalized spacial score (nSPS) is 20.8. The van der Waals surface area contributed by atoms with Crippen LogP contribution in [-0.2, 0) is 11.3 Å². The number of amides is 1. The van der Waals surface area contributed by atoms with E-state index in [1.165, 1.54) is 13.0 Å². The third-order valence-corrected chi connectivity index (χ3v) is 3.68. The summed E-state index contributed by atoms with van der Waals surface area (Å²) in [5.74, 6) is -0.400. The van der Waals surface area contributed by atoms with Crippen molar-refractivity contribution in [2.45, 2.75) is 19.6 Å². The van der Waals surface area contributed by atoms with E-state index < -0.39 is 6.10 Å². The van der Waals surface area contributed by atoms with Gasteiger partial charge in [-0.05, 0) is 12.1 Å². The Bertz CT molecular complexity index is 498. The van der Waals surface area contributed by atoms with Crippen molar-refractivity contribution in [2.24, 2.45) is 0 Å². The van der Waals surface area contributed by atoms with Crippen molar-refractivity contribution in [3.63, 3.8) is 0 Å². The van der Waals surface area contributed by atoms with Crippen LogP contribution in [0.3, 0.4) is 0 Å².